The van der Waals surface area contributed by atoms with Gasteiger partial charge in [-0.3, -0.25) is 9.97 Å². The molecule has 0 amide bonds. The third-order valence-corrected chi connectivity index (χ3v) is 4.50. The van der Waals surface area contributed by atoms with E-state index in [2.05, 4.69) is 15.3 Å². The molecule has 0 unspecified atom stereocenters. The molecule has 2 N–H and O–H groups in total. The number of hydrogen-bond acceptors (Lipinski definition) is 4. The number of fused-ring (bicyclic) bond motifs is 1. The molecular weight excluding hydrogens is 346 g/mol. The van der Waals surface area contributed by atoms with E-state index in [4.69, 9.17) is 11.6 Å². The first-order valence-corrected chi connectivity index (χ1v) is 8.59. The van der Waals surface area contributed by atoms with E-state index < -0.39 is 0 Å². The molecule has 0 bridgehead atoms. The van der Waals surface area contributed by atoms with Crippen LogP contribution >= 0.6 is 11.6 Å². The lowest BCUT2D eigenvalue weighted by Gasteiger charge is -2.22. The van der Waals surface area contributed by atoms with Crippen LogP contribution in [0.1, 0.15) is 17.2 Å². The normalized spacial score (nSPS) is 12.0. The molecule has 0 aliphatic heterocycles. The van der Waals surface area contributed by atoms with Gasteiger partial charge in [0.25, 0.3) is 0 Å². The summed E-state index contributed by atoms with van der Waals surface area (Å²) in [7, 11) is 0. The first kappa shape index (κ1) is 16.4. The van der Waals surface area contributed by atoms with Crippen molar-refractivity contribution in [2.24, 2.45) is 0 Å². The molecule has 0 spiro atoms. The summed E-state index contributed by atoms with van der Waals surface area (Å²) in [5, 5.41) is 15.9. The fraction of sp³-hybridized carbons (Fsp3) is 0.0476. The lowest BCUT2D eigenvalue weighted by atomic mass is 9.96. The molecule has 4 nitrogen and oxygen atoms in total. The molecule has 128 valence electrons. The van der Waals surface area contributed by atoms with Crippen LogP contribution in [0.5, 0.6) is 5.75 Å². The number of pyridine rings is 2. The molecule has 2 heterocycles. The average molecular weight is 362 g/mol. The molecule has 26 heavy (non-hydrogen) atoms. The summed E-state index contributed by atoms with van der Waals surface area (Å²) in [5.74, 6) is 0.166. The summed E-state index contributed by atoms with van der Waals surface area (Å²) in [6.45, 7) is 0. The third-order valence-electron chi connectivity index (χ3n) is 4.27. The van der Waals surface area contributed by atoms with Crippen LogP contribution in [0.2, 0.25) is 5.02 Å². The zero-order valence-electron chi connectivity index (χ0n) is 13.8. The Labute approximate surface area is 156 Å². The molecule has 2 aromatic carbocycles. The monoisotopic (exact) mass is 361 g/mol. The Balaban J connectivity index is 1.84. The van der Waals surface area contributed by atoms with Crippen molar-refractivity contribution in [3.05, 3.63) is 95.4 Å². The number of anilines is 1. The van der Waals surface area contributed by atoms with E-state index in [1.54, 1.807) is 18.6 Å². The van der Waals surface area contributed by atoms with Gasteiger partial charge in [0.05, 0.1) is 6.04 Å². The standard InChI is InChI=1S/C21H16ClN3O/c22-16-4-1-5-17(13-16)25-19(15-8-11-23-12-9-15)18-7-6-14-3-2-10-24-20(14)21(18)26/h1-13,19,25-26H/t19-/m1/s1. The summed E-state index contributed by atoms with van der Waals surface area (Å²) in [4.78, 5) is 8.42. The average Bonchev–Trinajstić information content (AvgIpc) is 2.68. The maximum absolute atomic E-state index is 10.9. The fourth-order valence-electron chi connectivity index (χ4n) is 3.02. The van der Waals surface area contributed by atoms with Gasteiger partial charge in [0, 0.05) is 40.3 Å². The van der Waals surface area contributed by atoms with Crippen molar-refractivity contribution in [1.82, 2.24) is 9.97 Å². The highest BCUT2D eigenvalue weighted by molar-refractivity contribution is 6.30. The van der Waals surface area contributed by atoms with Crippen LogP contribution in [0.15, 0.2) is 79.3 Å². The first-order valence-electron chi connectivity index (χ1n) is 8.21. The molecule has 0 aliphatic carbocycles. The molecule has 5 heteroatoms. The molecule has 1 atom stereocenters. The highest BCUT2D eigenvalue weighted by Crippen LogP contribution is 2.36. The van der Waals surface area contributed by atoms with Crippen molar-refractivity contribution in [2.75, 3.05) is 5.32 Å². The maximum Gasteiger partial charge on any atom is 0.147 e. The molecule has 0 saturated heterocycles. The van der Waals surface area contributed by atoms with Crippen molar-refractivity contribution >= 4 is 28.2 Å². The van der Waals surface area contributed by atoms with Gasteiger partial charge in [-0.2, -0.15) is 0 Å². The predicted molar refractivity (Wildman–Crippen MR) is 105 cm³/mol. The highest BCUT2D eigenvalue weighted by Gasteiger charge is 2.20. The topological polar surface area (TPSA) is 58.0 Å². The van der Waals surface area contributed by atoms with Gasteiger partial charge in [-0.1, -0.05) is 35.9 Å². The smallest absolute Gasteiger partial charge is 0.147 e. The largest absolute Gasteiger partial charge is 0.505 e. The lowest BCUT2D eigenvalue weighted by molar-refractivity contribution is 0.472. The molecule has 4 aromatic rings. The van der Waals surface area contributed by atoms with E-state index in [9.17, 15) is 5.11 Å². The molecule has 0 radical (unpaired) electrons. The Bertz CT molecular complexity index is 1050. The van der Waals surface area contributed by atoms with Gasteiger partial charge in [0.1, 0.15) is 11.3 Å². The summed E-state index contributed by atoms with van der Waals surface area (Å²) < 4.78 is 0. The van der Waals surface area contributed by atoms with Crippen molar-refractivity contribution in [1.29, 1.82) is 0 Å². The summed E-state index contributed by atoms with van der Waals surface area (Å²) >= 11 is 6.12. The van der Waals surface area contributed by atoms with Crippen LogP contribution in [0.25, 0.3) is 10.9 Å². The van der Waals surface area contributed by atoms with E-state index in [0.29, 0.717) is 10.5 Å². The fourth-order valence-corrected chi connectivity index (χ4v) is 3.21. The SMILES string of the molecule is Oc1c([C@H](Nc2cccc(Cl)c2)c2ccncc2)ccc2cccnc12. The number of aromatic hydroxyl groups is 1. The van der Waals surface area contributed by atoms with E-state index in [1.165, 1.54) is 0 Å². The third kappa shape index (κ3) is 3.19. The number of halogens is 1. The highest BCUT2D eigenvalue weighted by atomic mass is 35.5. The van der Waals surface area contributed by atoms with Gasteiger partial charge in [0.2, 0.25) is 0 Å². The second-order valence-corrected chi connectivity index (χ2v) is 6.38. The number of nitrogens with zero attached hydrogens (tertiary/aromatic N) is 2. The van der Waals surface area contributed by atoms with Crippen LogP contribution in [-0.4, -0.2) is 15.1 Å². The molecule has 0 saturated carbocycles. The van der Waals surface area contributed by atoms with Crippen LogP contribution in [0.3, 0.4) is 0 Å². The number of rotatable bonds is 4. The van der Waals surface area contributed by atoms with E-state index in [1.807, 2.05) is 60.7 Å². The molecule has 2 aromatic heterocycles. The quantitative estimate of drug-likeness (QED) is 0.525. The van der Waals surface area contributed by atoms with Crippen molar-refractivity contribution < 1.29 is 5.11 Å². The number of phenolic OH excluding ortho intramolecular Hbond substituents is 1. The minimum Gasteiger partial charge on any atom is -0.505 e. The van der Waals surface area contributed by atoms with Crippen LogP contribution in [-0.2, 0) is 0 Å². The van der Waals surface area contributed by atoms with E-state index >= 15 is 0 Å². The maximum atomic E-state index is 10.9. The first-order chi connectivity index (χ1) is 12.7. The van der Waals surface area contributed by atoms with Gasteiger partial charge in [0.15, 0.2) is 0 Å². The Morgan fingerprint density at radius 2 is 1.77 bits per heavy atom. The Kier molecular flexibility index (Phi) is 4.42. The van der Waals surface area contributed by atoms with Gasteiger partial charge in [-0.05, 0) is 42.0 Å². The van der Waals surface area contributed by atoms with Gasteiger partial charge >= 0.3 is 0 Å². The Hall–Kier alpha value is -3.11. The second kappa shape index (κ2) is 7.02. The summed E-state index contributed by atoms with van der Waals surface area (Å²) in [5.41, 5.74) is 3.16. The number of aromatic nitrogens is 2. The Morgan fingerprint density at radius 3 is 2.58 bits per heavy atom. The number of benzene rings is 2. The van der Waals surface area contributed by atoms with Crippen LogP contribution in [0, 0.1) is 0 Å². The van der Waals surface area contributed by atoms with Gasteiger partial charge < -0.3 is 10.4 Å². The lowest BCUT2D eigenvalue weighted by Crippen LogP contribution is -2.13. The zero-order chi connectivity index (χ0) is 17.9. The van der Waals surface area contributed by atoms with Crippen molar-refractivity contribution in [3.63, 3.8) is 0 Å². The second-order valence-electron chi connectivity index (χ2n) is 5.95. The van der Waals surface area contributed by atoms with E-state index in [0.717, 1.165) is 22.2 Å². The van der Waals surface area contributed by atoms with Gasteiger partial charge in [-0.25, -0.2) is 0 Å². The van der Waals surface area contributed by atoms with Crippen molar-refractivity contribution in [3.8, 4) is 5.75 Å². The molecular formula is C21H16ClN3O. The van der Waals surface area contributed by atoms with Crippen LogP contribution in [0.4, 0.5) is 5.69 Å². The predicted octanol–water partition coefficient (Wildman–Crippen LogP) is 5.19. The summed E-state index contributed by atoms with van der Waals surface area (Å²) in [6, 6.07) is 18.7. The molecule has 4 rings (SSSR count). The molecule has 0 aliphatic rings. The van der Waals surface area contributed by atoms with E-state index in [-0.39, 0.29) is 11.8 Å². The number of phenols is 1. The number of nitrogens with one attached hydrogen (secondary N) is 1. The minimum atomic E-state index is -0.275. The number of hydrogen-bond donors (Lipinski definition) is 2. The Morgan fingerprint density at radius 1 is 0.923 bits per heavy atom. The minimum absolute atomic E-state index is 0.166. The molecule has 0 fully saturated rings. The zero-order valence-corrected chi connectivity index (χ0v) is 14.6. The summed E-state index contributed by atoms with van der Waals surface area (Å²) in [6.07, 6.45) is 5.15. The van der Waals surface area contributed by atoms with Gasteiger partial charge in [-0.15, -0.1) is 0 Å². The van der Waals surface area contributed by atoms with Crippen LogP contribution < -0.4 is 5.32 Å². The van der Waals surface area contributed by atoms with Crippen molar-refractivity contribution in [2.45, 2.75) is 6.04 Å².